The monoisotopic (exact) mass is 468 g/mol. The molecule has 0 radical (unpaired) electrons. The Labute approximate surface area is 201 Å². The number of benzene rings is 2. The highest BCUT2D eigenvalue weighted by molar-refractivity contribution is 7.13. The normalized spacial score (nSPS) is 11.1. The summed E-state index contributed by atoms with van der Waals surface area (Å²) in [6.07, 6.45) is 2.87. The molecule has 170 valence electrons. The molecule has 5 aromatic rings. The fraction of sp³-hybridized carbons (Fsp3) is 0.148. The van der Waals surface area contributed by atoms with Crippen molar-refractivity contribution < 1.29 is 4.79 Å². The summed E-state index contributed by atoms with van der Waals surface area (Å²) >= 11 is 1.54. The maximum Gasteiger partial charge on any atom is 0.267 e. The fourth-order valence-corrected chi connectivity index (χ4v) is 4.77. The third-order valence-corrected chi connectivity index (χ3v) is 6.61. The lowest BCUT2D eigenvalue weighted by Crippen LogP contribution is -2.34. The second kappa shape index (κ2) is 9.89. The van der Waals surface area contributed by atoms with E-state index >= 15 is 0 Å². The van der Waals surface area contributed by atoms with Crippen molar-refractivity contribution in [1.29, 1.82) is 0 Å². The van der Waals surface area contributed by atoms with E-state index in [1.165, 1.54) is 32.8 Å². The van der Waals surface area contributed by atoms with Crippen LogP contribution in [0.1, 0.15) is 11.1 Å². The molecule has 3 aromatic heterocycles. The molecular weight excluding hydrogens is 444 g/mol. The van der Waals surface area contributed by atoms with Gasteiger partial charge in [0.2, 0.25) is 5.91 Å². The Kier molecular flexibility index (Phi) is 6.35. The van der Waals surface area contributed by atoms with E-state index in [1.807, 2.05) is 47.8 Å². The SMILES string of the molecule is O=C(Cn1nc(-c2cccs2)ccc1=O)NCCc1cn(Cc2ccccc2)c2ccccc12. The highest BCUT2D eigenvalue weighted by Crippen LogP contribution is 2.23. The summed E-state index contributed by atoms with van der Waals surface area (Å²) < 4.78 is 3.47. The lowest BCUT2D eigenvalue weighted by atomic mass is 10.1. The number of carbonyl (C=O) groups is 1. The number of carbonyl (C=O) groups excluding carboxylic acids is 1. The van der Waals surface area contributed by atoms with Gasteiger partial charge in [0.15, 0.2) is 0 Å². The Morgan fingerprint density at radius 2 is 1.76 bits per heavy atom. The Morgan fingerprint density at radius 1 is 0.941 bits per heavy atom. The van der Waals surface area contributed by atoms with E-state index < -0.39 is 0 Å². The number of rotatable bonds is 8. The molecule has 0 fully saturated rings. The highest BCUT2D eigenvalue weighted by Gasteiger charge is 2.11. The van der Waals surface area contributed by atoms with Gasteiger partial charge in [-0.3, -0.25) is 9.59 Å². The van der Waals surface area contributed by atoms with E-state index in [0.29, 0.717) is 18.7 Å². The van der Waals surface area contributed by atoms with Crippen LogP contribution in [0.3, 0.4) is 0 Å². The lowest BCUT2D eigenvalue weighted by molar-refractivity contribution is -0.121. The molecule has 7 heteroatoms. The Hall–Kier alpha value is -3.97. The maximum atomic E-state index is 12.5. The minimum absolute atomic E-state index is 0.103. The molecule has 0 saturated carbocycles. The molecule has 0 aliphatic rings. The van der Waals surface area contributed by atoms with Gasteiger partial charge in [0.25, 0.3) is 5.56 Å². The van der Waals surface area contributed by atoms with Crippen LogP contribution < -0.4 is 10.9 Å². The number of aromatic nitrogens is 3. The van der Waals surface area contributed by atoms with Crippen molar-refractivity contribution >= 4 is 28.1 Å². The van der Waals surface area contributed by atoms with Crippen molar-refractivity contribution in [2.45, 2.75) is 19.5 Å². The van der Waals surface area contributed by atoms with Gasteiger partial charge >= 0.3 is 0 Å². The summed E-state index contributed by atoms with van der Waals surface area (Å²) in [5, 5.41) is 10.4. The van der Waals surface area contributed by atoms with Crippen molar-refractivity contribution in [1.82, 2.24) is 19.7 Å². The average Bonchev–Trinajstić information content (AvgIpc) is 3.51. The number of nitrogens with one attached hydrogen (secondary N) is 1. The topological polar surface area (TPSA) is 68.9 Å². The second-order valence-electron chi connectivity index (χ2n) is 8.08. The van der Waals surface area contributed by atoms with Gasteiger partial charge in [-0.2, -0.15) is 5.10 Å². The number of fused-ring (bicyclic) bond motifs is 1. The minimum atomic E-state index is -0.292. The number of para-hydroxylation sites is 1. The quantitative estimate of drug-likeness (QED) is 0.369. The summed E-state index contributed by atoms with van der Waals surface area (Å²) in [6.45, 7) is 1.17. The highest BCUT2D eigenvalue weighted by atomic mass is 32.1. The molecule has 0 aliphatic carbocycles. The minimum Gasteiger partial charge on any atom is -0.354 e. The summed E-state index contributed by atoms with van der Waals surface area (Å²) in [6, 6.07) is 25.7. The van der Waals surface area contributed by atoms with E-state index in [9.17, 15) is 9.59 Å². The summed E-state index contributed by atoms with van der Waals surface area (Å²) in [5.74, 6) is -0.231. The van der Waals surface area contributed by atoms with Crippen molar-refractivity contribution in [3.8, 4) is 10.6 Å². The van der Waals surface area contributed by atoms with E-state index in [4.69, 9.17) is 0 Å². The van der Waals surface area contributed by atoms with Crippen molar-refractivity contribution in [2.75, 3.05) is 6.54 Å². The largest absolute Gasteiger partial charge is 0.354 e. The van der Waals surface area contributed by atoms with Crippen molar-refractivity contribution in [2.24, 2.45) is 0 Å². The van der Waals surface area contributed by atoms with Gasteiger partial charge in [0.1, 0.15) is 12.2 Å². The van der Waals surface area contributed by atoms with Gasteiger partial charge in [-0.1, -0.05) is 54.6 Å². The maximum absolute atomic E-state index is 12.5. The van der Waals surface area contributed by atoms with Gasteiger partial charge in [-0.25, -0.2) is 4.68 Å². The zero-order valence-electron chi connectivity index (χ0n) is 18.6. The van der Waals surface area contributed by atoms with Crippen LogP contribution in [-0.4, -0.2) is 26.8 Å². The third kappa shape index (κ3) is 4.84. The van der Waals surface area contributed by atoms with E-state index in [-0.39, 0.29) is 18.0 Å². The molecular formula is C27H24N4O2S. The predicted octanol–water partition coefficient (Wildman–Crippen LogP) is 4.33. The number of nitrogens with zero attached hydrogens (tertiary/aromatic N) is 3. The van der Waals surface area contributed by atoms with Crippen LogP contribution in [0, 0.1) is 0 Å². The molecule has 0 atom stereocenters. The smallest absolute Gasteiger partial charge is 0.267 e. The molecule has 0 spiro atoms. The van der Waals surface area contributed by atoms with Gasteiger partial charge in [-0.05, 0) is 41.1 Å². The number of thiophene rings is 1. The molecule has 1 N–H and O–H groups in total. The van der Waals surface area contributed by atoms with Crippen LogP contribution >= 0.6 is 11.3 Å². The summed E-state index contributed by atoms with van der Waals surface area (Å²) in [5.41, 5.74) is 3.99. The Bertz CT molecular complexity index is 1470. The Balaban J connectivity index is 1.25. The fourth-order valence-electron chi connectivity index (χ4n) is 4.08. The van der Waals surface area contributed by atoms with Crippen LogP contribution in [-0.2, 0) is 24.3 Å². The zero-order valence-corrected chi connectivity index (χ0v) is 19.4. The number of amides is 1. The predicted molar refractivity (Wildman–Crippen MR) is 136 cm³/mol. The first-order valence-electron chi connectivity index (χ1n) is 11.2. The van der Waals surface area contributed by atoms with Crippen molar-refractivity contribution in [3.05, 3.63) is 112 Å². The first-order valence-corrected chi connectivity index (χ1v) is 12.0. The van der Waals surface area contributed by atoms with Gasteiger partial charge in [0, 0.05) is 36.3 Å². The lowest BCUT2D eigenvalue weighted by Gasteiger charge is -2.07. The zero-order chi connectivity index (χ0) is 23.3. The average molecular weight is 469 g/mol. The van der Waals surface area contributed by atoms with Gasteiger partial charge in [-0.15, -0.1) is 11.3 Å². The molecule has 0 saturated heterocycles. The van der Waals surface area contributed by atoms with Gasteiger partial charge < -0.3 is 9.88 Å². The molecule has 5 rings (SSSR count). The summed E-state index contributed by atoms with van der Waals surface area (Å²) in [4.78, 5) is 25.7. The second-order valence-corrected chi connectivity index (χ2v) is 9.02. The molecule has 2 aromatic carbocycles. The van der Waals surface area contributed by atoms with Crippen LogP contribution in [0.2, 0.25) is 0 Å². The molecule has 34 heavy (non-hydrogen) atoms. The summed E-state index contributed by atoms with van der Waals surface area (Å²) in [7, 11) is 0. The van der Waals surface area contributed by atoms with E-state index in [2.05, 4.69) is 45.4 Å². The third-order valence-electron chi connectivity index (χ3n) is 5.72. The molecule has 3 heterocycles. The molecule has 0 aliphatic heterocycles. The molecule has 0 bridgehead atoms. The Morgan fingerprint density at radius 3 is 2.59 bits per heavy atom. The first-order chi connectivity index (χ1) is 16.7. The molecule has 6 nitrogen and oxygen atoms in total. The van der Waals surface area contributed by atoms with Crippen LogP contribution in [0.25, 0.3) is 21.5 Å². The van der Waals surface area contributed by atoms with Gasteiger partial charge in [0.05, 0.1) is 4.88 Å². The van der Waals surface area contributed by atoms with E-state index in [1.54, 1.807) is 17.4 Å². The van der Waals surface area contributed by atoms with E-state index in [0.717, 1.165) is 11.4 Å². The van der Waals surface area contributed by atoms with Crippen LogP contribution in [0.4, 0.5) is 0 Å². The van der Waals surface area contributed by atoms with Crippen LogP contribution in [0.5, 0.6) is 0 Å². The first kappa shape index (κ1) is 21.9. The molecule has 1 amide bonds. The van der Waals surface area contributed by atoms with Crippen molar-refractivity contribution in [3.63, 3.8) is 0 Å². The molecule has 0 unspecified atom stereocenters. The number of hydrogen-bond acceptors (Lipinski definition) is 4. The number of hydrogen-bond donors (Lipinski definition) is 1. The van der Waals surface area contributed by atoms with Crippen LogP contribution in [0.15, 0.2) is 95.2 Å². The standard InChI is InChI=1S/C27H24N4O2S/c32-26(19-31-27(33)13-12-23(29-31)25-11-6-16-34-25)28-15-14-21-18-30(17-20-7-2-1-3-8-20)24-10-5-4-9-22(21)24/h1-13,16,18H,14-15,17,19H2,(H,28,32).